The lowest BCUT2D eigenvalue weighted by atomic mass is 9.76. The molecule has 0 saturated heterocycles. The monoisotopic (exact) mass is 675 g/mol. The minimum Gasteiger partial charge on any atom is -0.487 e. The first kappa shape index (κ1) is 32.0. The van der Waals surface area contributed by atoms with E-state index in [-0.39, 0.29) is 17.4 Å². The van der Waals surface area contributed by atoms with Crippen LogP contribution in [0.1, 0.15) is 111 Å². The molecule has 1 aromatic heterocycles. The molecular weight excluding hydrogens is 630 g/mol. The van der Waals surface area contributed by atoms with Crippen LogP contribution in [-0.2, 0) is 12.8 Å². The van der Waals surface area contributed by atoms with Crippen LogP contribution < -0.4 is 15.8 Å². The molecule has 3 aliphatic rings. The van der Waals surface area contributed by atoms with E-state index in [2.05, 4.69) is 58.3 Å². The number of allylic oxidation sites excluding steroid dienone is 2. The number of nitrogens with two attached hydrogens (primary N) is 1. The van der Waals surface area contributed by atoms with Gasteiger partial charge in [-0.25, -0.2) is 4.98 Å². The molecule has 45 heavy (non-hydrogen) atoms. The van der Waals surface area contributed by atoms with Crippen LogP contribution in [0.2, 0.25) is 0 Å². The van der Waals surface area contributed by atoms with Crippen molar-refractivity contribution in [2.45, 2.75) is 120 Å². The molecule has 1 aliphatic heterocycles. The van der Waals surface area contributed by atoms with E-state index in [1.807, 2.05) is 30.4 Å². The summed E-state index contributed by atoms with van der Waals surface area (Å²) in [7, 11) is 0. The van der Waals surface area contributed by atoms with Crippen LogP contribution in [0.15, 0.2) is 63.5 Å². The second-order valence-corrected chi connectivity index (χ2v) is 14.4. The number of oxazole rings is 1. The van der Waals surface area contributed by atoms with E-state index in [9.17, 15) is 9.90 Å². The Balaban J connectivity index is 1.30. The first-order chi connectivity index (χ1) is 21.7. The van der Waals surface area contributed by atoms with E-state index < -0.39 is 17.7 Å². The number of nitrogens with one attached hydrogen (secondary N) is 1. The molecule has 1 unspecified atom stereocenters. The summed E-state index contributed by atoms with van der Waals surface area (Å²) in [6, 6.07) is 9.57. The third-order valence-corrected chi connectivity index (χ3v) is 10.4. The van der Waals surface area contributed by atoms with Gasteiger partial charge in [-0.1, -0.05) is 72.6 Å². The van der Waals surface area contributed by atoms with Crippen LogP contribution in [0.3, 0.4) is 0 Å². The molecule has 2 aliphatic carbocycles. The zero-order valence-electron chi connectivity index (χ0n) is 26.5. The van der Waals surface area contributed by atoms with Crippen LogP contribution in [-0.4, -0.2) is 39.3 Å². The highest BCUT2D eigenvalue weighted by atomic mass is 79.9. The van der Waals surface area contributed by atoms with Gasteiger partial charge in [0.15, 0.2) is 11.5 Å². The number of rotatable bonds is 11. The van der Waals surface area contributed by atoms with Gasteiger partial charge in [-0.15, -0.1) is 0 Å². The summed E-state index contributed by atoms with van der Waals surface area (Å²) in [6.07, 6.45) is 17.6. The molecule has 1 spiro atoms. The second kappa shape index (κ2) is 13.4. The fourth-order valence-electron chi connectivity index (χ4n) is 7.47. The Labute approximate surface area is 274 Å². The predicted octanol–water partition coefficient (Wildman–Crippen LogP) is 7.83. The average Bonchev–Trinajstić information content (AvgIpc) is 3.65. The Morgan fingerprint density at radius 3 is 2.76 bits per heavy atom. The smallest absolute Gasteiger partial charge is 0.255 e. The molecule has 2 aromatic carbocycles. The number of carbonyl (C=O) groups excluding carboxylic acids is 1. The zero-order valence-corrected chi connectivity index (χ0v) is 28.1. The van der Waals surface area contributed by atoms with Gasteiger partial charge in [-0.3, -0.25) is 4.79 Å². The molecule has 0 bridgehead atoms. The Kier molecular flexibility index (Phi) is 9.55. The minimum atomic E-state index is -0.828. The van der Waals surface area contributed by atoms with Crippen molar-refractivity contribution in [3.05, 3.63) is 81.7 Å². The molecule has 2 heterocycles. The van der Waals surface area contributed by atoms with Crippen molar-refractivity contribution >= 4 is 32.9 Å². The van der Waals surface area contributed by atoms with Gasteiger partial charge in [0.2, 0.25) is 0 Å². The number of ether oxygens (including phenoxy) is 1. The first-order valence-electron chi connectivity index (χ1n) is 16.7. The number of aryl methyl sites for hydroxylation is 2. The molecule has 4 atom stereocenters. The molecule has 7 nitrogen and oxygen atoms in total. The summed E-state index contributed by atoms with van der Waals surface area (Å²) >= 11 is 3.56. The number of aromatic nitrogens is 1. The normalized spacial score (nSPS) is 23.2. The molecular formula is C37H46BrN3O4. The predicted molar refractivity (Wildman–Crippen MR) is 182 cm³/mol. The van der Waals surface area contributed by atoms with Crippen LogP contribution in [0.25, 0.3) is 11.1 Å². The molecule has 0 radical (unpaired) electrons. The van der Waals surface area contributed by atoms with E-state index in [0.29, 0.717) is 48.2 Å². The Bertz CT molecular complexity index is 1590. The first-order valence-corrected chi connectivity index (χ1v) is 17.5. The number of halogens is 1. The third kappa shape index (κ3) is 7.08. The molecule has 1 saturated carbocycles. The molecule has 1 amide bonds. The summed E-state index contributed by atoms with van der Waals surface area (Å²) in [4.78, 5) is 18.7. The van der Waals surface area contributed by atoms with Crippen molar-refractivity contribution in [3.63, 3.8) is 0 Å². The average molecular weight is 677 g/mol. The molecule has 3 aromatic rings. The maximum absolute atomic E-state index is 14.0. The third-order valence-electron chi connectivity index (χ3n) is 9.95. The quantitative estimate of drug-likeness (QED) is 0.191. The van der Waals surface area contributed by atoms with Crippen molar-refractivity contribution in [1.29, 1.82) is 0 Å². The lowest BCUT2D eigenvalue weighted by molar-refractivity contribution is 0.0256. The van der Waals surface area contributed by atoms with Gasteiger partial charge in [0.1, 0.15) is 16.9 Å². The lowest BCUT2D eigenvalue weighted by Crippen LogP contribution is -2.52. The summed E-state index contributed by atoms with van der Waals surface area (Å²) < 4.78 is 13.5. The lowest BCUT2D eigenvalue weighted by Gasteiger charge is -2.42. The van der Waals surface area contributed by atoms with Crippen LogP contribution in [0.5, 0.6) is 5.75 Å². The number of carbonyl (C=O) groups is 1. The Hall–Kier alpha value is -2.94. The van der Waals surface area contributed by atoms with E-state index in [1.54, 1.807) is 6.07 Å². The van der Waals surface area contributed by atoms with Gasteiger partial charge in [0.25, 0.3) is 5.91 Å². The van der Waals surface area contributed by atoms with Crippen molar-refractivity contribution < 1.29 is 19.1 Å². The number of fused-ring (bicyclic) bond motifs is 2. The maximum Gasteiger partial charge on any atom is 0.255 e. The van der Waals surface area contributed by atoms with Crippen molar-refractivity contribution in [2.24, 2.45) is 5.73 Å². The van der Waals surface area contributed by atoms with Crippen molar-refractivity contribution in [1.82, 2.24) is 10.3 Å². The van der Waals surface area contributed by atoms with E-state index >= 15 is 0 Å². The topological polar surface area (TPSA) is 111 Å². The van der Waals surface area contributed by atoms with Crippen molar-refractivity contribution in [3.8, 4) is 5.75 Å². The second-order valence-electron chi connectivity index (χ2n) is 13.4. The van der Waals surface area contributed by atoms with E-state index in [4.69, 9.17) is 14.9 Å². The number of nitrogens with zero attached hydrogens (tertiary/aromatic N) is 1. The van der Waals surface area contributed by atoms with E-state index in [1.165, 1.54) is 5.56 Å². The van der Waals surface area contributed by atoms with Gasteiger partial charge in [-0.2, -0.15) is 0 Å². The maximum atomic E-state index is 14.0. The highest BCUT2D eigenvalue weighted by molar-refractivity contribution is 9.10. The Morgan fingerprint density at radius 2 is 2.02 bits per heavy atom. The highest BCUT2D eigenvalue weighted by Crippen LogP contribution is 2.50. The van der Waals surface area contributed by atoms with Gasteiger partial charge in [0.05, 0.1) is 17.7 Å². The number of hydrogen-bond acceptors (Lipinski definition) is 6. The van der Waals surface area contributed by atoms with Crippen LogP contribution >= 0.6 is 15.9 Å². The number of amides is 1. The van der Waals surface area contributed by atoms with Crippen LogP contribution in [0, 0.1) is 0 Å². The molecule has 6 rings (SSSR count). The number of aliphatic hydroxyl groups is 1. The number of hydrogen-bond donors (Lipinski definition) is 3. The largest absolute Gasteiger partial charge is 0.487 e. The number of unbranched alkanes of at least 4 members (excludes halogenated alkanes) is 1. The summed E-state index contributed by atoms with van der Waals surface area (Å²) in [5.41, 5.74) is 9.91. The van der Waals surface area contributed by atoms with Crippen molar-refractivity contribution in [2.75, 3.05) is 0 Å². The fourth-order valence-corrected chi connectivity index (χ4v) is 7.92. The van der Waals surface area contributed by atoms with Gasteiger partial charge in [-0.05, 0) is 99.5 Å². The fraction of sp³-hybridized carbons (Fsp3) is 0.514. The van der Waals surface area contributed by atoms with Gasteiger partial charge in [0, 0.05) is 16.4 Å². The number of aliphatic hydroxyl groups excluding tert-OH is 1. The Morgan fingerprint density at radius 1 is 1.20 bits per heavy atom. The SMILES string of the molecule is CCCCc1nc2cc(Br)cc(C(=O)NC(C[C@]3(N)C=CC=CC3)[C@H](O)C[C@H]3CC4(CCCC4)Oc4ccc(CC)cc43)c2o1. The summed E-state index contributed by atoms with van der Waals surface area (Å²) in [5.74, 6) is 1.36. The number of benzene rings is 2. The molecule has 240 valence electrons. The highest BCUT2D eigenvalue weighted by Gasteiger charge is 2.44. The minimum absolute atomic E-state index is 0.108. The van der Waals surface area contributed by atoms with Crippen LogP contribution in [0.4, 0.5) is 0 Å². The molecule has 8 heteroatoms. The zero-order chi connectivity index (χ0) is 31.6. The summed E-state index contributed by atoms with van der Waals surface area (Å²) in [5, 5.41) is 15.3. The van der Waals surface area contributed by atoms with Gasteiger partial charge < -0.3 is 25.3 Å². The molecule has 1 fully saturated rings. The standard InChI is InChI=1S/C37H46BrN3O4/c1-3-5-11-33-40-29-21-26(38)20-28(34(29)44-33)35(43)41-30(23-36(39)14-7-6-8-15-36)31(42)19-25-22-37(16-9-10-17-37)45-32-13-12-24(4-2)18-27(25)32/h6-8,12-14,18,20-21,25,30-31,42H,3-5,9-11,15-17,19,22-23,39H2,1-2H3,(H,41,43)/t25-,30?,31+,36-/m0/s1. The van der Waals surface area contributed by atoms with E-state index in [0.717, 1.165) is 67.2 Å². The van der Waals surface area contributed by atoms with Gasteiger partial charge >= 0.3 is 0 Å². The summed E-state index contributed by atoms with van der Waals surface area (Å²) in [6.45, 7) is 4.28. The molecule has 4 N–H and O–H groups in total.